The van der Waals surface area contributed by atoms with E-state index in [0.29, 0.717) is 0 Å². The molecule has 1 saturated heterocycles. The van der Waals surface area contributed by atoms with E-state index in [4.69, 9.17) is 0 Å². The maximum Gasteiger partial charge on any atom is 0.139 e. The fraction of sp³-hybridized carbons (Fsp3) is 0.286. The summed E-state index contributed by atoms with van der Waals surface area (Å²) in [4.78, 5) is 21.6. The number of likely N-dealkylation sites (N-methyl/N-ethyl adjacent to an activating group) is 1. The molecule has 5 rings (SSSR count). The number of aryl methyl sites for hydroxylation is 1. The average Bonchev–Trinajstić information content (AvgIpc) is 3.11. The highest BCUT2D eigenvalue weighted by molar-refractivity contribution is 5.98. The van der Waals surface area contributed by atoms with E-state index in [1.54, 1.807) is 6.33 Å². The molecular formula is C21H22N6. The first-order valence-electron chi connectivity index (χ1n) is 9.31. The van der Waals surface area contributed by atoms with Crippen molar-refractivity contribution >= 4 is 27.8 Å². The number of pyridine rings is 1. The lowest BCUT2D eigenvalue weighted by molar-refractivity contribution is 0.312. The van der Waals surface area contributed by atoms with E-state index in [9.17, 15) is 0 Å². The normalized spacial score (nSPS) is 15.7. The molecule has 6 nitrogen and oxygen atoms in total. The van der Waals surface area contributed by atoms with Crippen molar-refractivity contribution < 1.29 is 0 Å². The molecule has 0 atom stereocenters. The van der Waals surface area contributed by atoms with Gasteiger partial charge < -0.3 is 14.8 Å². The van der Waals surface area contributed by atoms with E-state index in [2.05, 4.69) is 68.0 Å². The van der Waals surface area contributed by atoms with Gasteiger partial charge in [-0.1, -0.05) is 6.07 Å². The summed E-state index contributed by atoms with van der Waals surface area (Å²) in [5.74, 6) is 1.03. The monoisotopic (exact) mass is 358 g/mol. The van der Waals surface area contributed by atoms with Crippen molar-refractivity contribution in [3.05, 3.63) is 48.5 Å². The van der Waals surface area contributed by atoms with E-state index in [1.165, 1.54) is 0 Å². The zero-order valence-corrected chi connectivity index (χ0v) is 15.6. The topological polar surface area (TPSA) is 60.9 Å². The summed E-state index contributed by atoms with van der Waals surface area (Å²) in [5.41, 5.74) is 5.38. The van der Waals surface area contributed by atoms with Crippen LogP contribution in [0.15, 0.2) is 43.0 Å². The molecule has 0 amide bonds. The lowest BCUT2D eigenvalue weighted by atomic mass is 10.0. The molecule has 6 heteroatoms. The molecule has 3 aromatic heterocycles. The third-order valence-electron chi connectivity index (χ3n) is 5.40. The molecule has 0 unspecified atom stereocenters. The van der Waals surface area contributed by atoms with E-state index in [1.807, 2.05) is 12.4 Å². The number of fused-ring (bicyclic) bond motifs is 2. The summed E-state index contributed by atoms with van der Waals surface area (Å²) in [6.07, 6.45) is 5.61. The molecular weight excluding hydrogens is 336 g/mol. The van der Waals surface area contributed by atoms with Gasteiger partial charge in [-0.25, -0.2) is 15.0 Å². The van der Waals surface area contributed by atoms with E-state index >= 15 is 0 Å². The van der Waals surface area contributed by atoms with Gasteiger partial charge in [-0.15, -0.1) is 0 Å². The van der Waals surface area contributed by atoms with Crippen LogP contribution in [0.5, 0.6) is 0 Å². The predicted molar refractivity (Wildman–Crippen MR) is 109 cm³/mol. The quantitative estimate of drug-likeness (QED) is 0.596. The van der Waals surface area contributed by atoms with Crippen molar-refractivity contribution in [2.45, 2.75) is 6.92 Å². The standard InChI is InChI=1S/C21H22N6/c1-14-9-16-18(12-23-20(16)22-11-14)15-3-4-19-17(10-15)21(25-13-24-19)27-7-5-26(2)6-8-27/h3-4,9-13H,5-8H2,1-2H3,(H,22,23). The number of nitrogens with zero attached hydrogens (tertiary/aromatic N) is 5. The van der Waals surface area contributed by atoms with Gasteiger partial charge >= 0.3 is 0 Å². The summed E-state index contributed by atoms with van der Waals surface area (Å²) in [7, 11) is 2.17. The Hall–Kier alpha value is -2.99. The Morgan fingerprint density at radius 3 is 2.67 bits per heavy atom. The SMILES string of the molecule is Cc1cnc2[nH]cc(-c3ccc4ncnc(N5CCN(C)CC5)c4c3)c2c1. The van der Waals surface area contributed by atoms with Crippen LogP contribution in [-0.2, 0) is 0 Å². The second-order valence-corrected chi connectivity index (χ2v) is 7.33. The van der Waals surface area contributed by atoms with Gasteiger partial charge in [0.05, 0.1) is 5.52 Å². The van der Waals surface area contributed by atoms with Crippen molar-refractivity contribution in [1.82, 2.24) is 24.8 Å². The first-order chi connectivity index (χ1) is 13.2. The molecule has 1 aliphatic heterocycles. The van der Waals surface area contributed by atoms with E-state index in [0.717, 1.165) is 70.6 Å². The number of nitrogens with one attached hydrogen (secondary N) is 1. The lowest BCUT2D eigenvalue weighted by Crippen LogP contribution is -2.44. The fourth-order valence-electron chi connectivity index (χ4n) is 3.83. The molecule has 0 saturated carbocycles. The molecule has 1 aliphatic rings. The number of H-pyrrole nitrogens is 1. The number of piperazine rings is 1. The molecule has 4 aromatic rings. The Labute approximate surface area is 157 Å². The van der Waals surface area contributed by atoms with Crippen molar-refractivity contribution in [3.8, 4) is 11.1 Å². The van der Waals surface area contributed by atoms with Gasteiger partial charge in [-0.05, 0) is 43.3 Å². The van der Waals surface area contributed by atoms with Crippen LogP contribution in [0.4, 0.5) is 5.82 Å². The summed E-state index contributed by atoms with van der Waals surface area (Å²) >= 11 is 0. The molecule has 0 radical (unpaired) electrons. The largest absolute Gasteiger partial charge is 0.353 e. The molecule has 4 heterocycles. The van der Waals surface area contributed by atoms with E-state index < -0.39 is 0 Å². The highest BCUT2D eigenvalue weighted by Gasteiger charge is 2.18. The number of hydrogen-bond donors (Lipinski definition) is 1. The van der Waals surface area contributed by atoms with Gasteiger partial charge in [-0.3, -0.25) is 0 Å². The molecule has 0 aliphatic carbocycles. The van der Waals surface area contributed by atoms with Crippen molar-refractivity contribution in [2.24, 2.45) is 0 Å². The van der Waals surface area contributed by atoms with Crippen molar-refractivity contribution in [3.63, 3.8) is 0 Å². The van der Waals surface area contributed by atoms with Crippen LogP contribution in [0.1, 0.15) is 5.56 Å². The Kier molecular flexibility index (Phi) is 3.79. The fourth-order valence-corrected chi connectivity index (χ4v) is 3.83. The molecule has 1 N–H and O–H groups in total. The Bertz CT molecular complexity index is 1120. The zero-order chi connectivity index (χ0) is 18.4. The minimum Gasteiger partial charge on any atom is -0.353 e. The van der Waals surface area contributed by atoms with Gasteiger partial charge in [0.2, 0.25) is 0 Å². The summed E-state index contributed by atoms with van der Waals surface area (Å²) in [6.45, 7) is 6.16. The summed E-state index contributed by atoms with van der Waals surface area (Å²) in [5, 5.41) is 2.25. The molecule has 0 spiro atoms. The zero-order valence-electron chi connectivity index (χ0n) is 15.6. The van der Waals surface area contributed by atoms with Crippen molar-refractivity contribution in [1.29, 1.82) is 0 Å². The van der Waals surface area contributed by atoms with E-state index in [-0.39, 0.29) is 0 Å². The van der Waals surface area contributed by atoms with Crippen LogP contribution in [0.25, 0.3) is 33.1 Å². The second kappa shape index (κ2) is 6.32. The lowest BCUT2D eigenvalue weighted by Gasteiger charge is -2.33. The maximum atomic E-state index is 4.63. The summed E-state index contributed by atoms with van der Waals surface area (Å²) in [6, 6.07) is 8.62. The van der Waals surface area contributed by atoms with Crippen LogP contribution < -0.4 is 4.90 Å². The van der Waals surface area contributed by atoms with Gasteiger partial charge in [-0.2, -0.15) is 0 Å². The third-order valence-corrected chi connectivity index (χ3v) is 5.40. The molecule has 27 heavy (non-hydrogen) atoms. The number of rotatable bonds is 2. The number of aromatic nitrogens is 4. The van der Waals surface area contributed by atoms with Gasteiger partial charge in [0.15, 0.2) is 0 Å². The average molecular weight is 358 g/mol. The Morgan fingerprint density at radius 1 is 0.963 bits per heavy atom. The molecule has 1 aromatic carbocycles. The van der Waals surface area contributed by atoms with Crippen LogP contribution in [0.2, 0.25) is 0 Å². The minimum absolute atomic E-state index is 0.916. The van der Waals surface area contributed by atoms with Crippen molar-refractivity contribution in [2.75, 3.05) is 38.1 Å². The number of anilines is 1. The smallest absolute Gasteiger partial charge is 0.139 e. The number of hydrogen-bond acceptors (Lipinski definition) is 5. The van der Waals surface area contributed by atoms with Gasteiger partial charge in [0, 0.05) is 54.9 Å². The molecule has 1 fully saturated rings. The minimum atomic E-state index is 0.916. The van der Waals surface area contributed by atoms with Gasteiger partial charge in [0.1, 0.15) is 17.8 Å². The summed E-state index contributed by atoms with van der Waals surface area (Å²) < 4.78 is 0. The van der Waals surface area contributed by atoms with Crippen LogP contribution in [0, 0.1) is 6.92 Å². The first kappa shape index (κ1) is 16.2. The van der Waals surface area contributed by atoms with Crippen LogP contribution in [0.3, 0.4) is 0 Å². The first-order valence-corrected chi connectivity index (χ1v) is 9.31. The molecule has 136 valence electrons. The second-order valence-electron chi connectivity index (χ2n) is 7.33. The highest BCUT2D eigenvalue weighted by Crippen LogP contribution is 2.32. The van der Waals surface area contributed by atoms with Crippen LogP contribution in [-0.4, -0.2) is 58.1 Å². The Balaban J connectivity index is 1.64. The number of benzene rings is 1. The van der Waals surface area contributed by atoms with Gasteiger partial charge in [0.25, 0.3) is 0 Å². The molecule has 0 bridgehead atoms. The highest BCUT2D eigenvalue weighted by atomic mass is 15.3. The third kappa shape index (κ3) is 2.82. The van der Waals surface area contributed by atoms with Crippen LogP contribution >= 0.6 is 0 Å². The predicted octanol–water partition coefficient (Wildman–Crippen LogP) is 3.23. The Morgan fingerprint density at radius 2 is 1.81 bits per heavy atom. The number of aromatic amines is 1. The maximum absolute atomic E-state index is 4.63.